The van der Waals surface area contributed by atoms with Crippen molar-refractivity contribution in [3.8, 4) is 0 Å². The second kappa shape index (κ2) is 6.18. The molecule has 106 valence electrons. The number of carbonyl (C=O) groups is 1. The van der Waals surface area contributed by atoms with Crippen molar-refractivity contribution in [2.45, 2.75) is 19.5 Å². The fourth-order valence-corrected chi connectivity index (χ4v) is 1.90. The number of urea groups is 1. The van der Waals surface area contributed by atoms with Gasteiger partial charge in [0.15, 0.2) is 0 Å². The maximum atomic E-state index is 12.1. The molecule has 0 saturated carbocycles. The second-order valence-electron chi connectivity index (χ2n) is 4.80. The van der Waals surface area contributed by atoms with E-state index in [1.165, 1.54) is 0 Å². The van der Waals surface area contributed by atoms with Crippen molar-refractivity contribution in [2.24, 2.45) is 7.05 Å². The molecule has 2 aromatic heterocycles. The Morgan fingerprint density at radius 2 is 2.30 bits per heavy atom. The van der Waals surface area contributed by atoms with Crippen LogP contribution in [0, 0.1) is 0 Å². The highest BCUT2D eigenvalue weighted by atomic mass is 16.2. The molecule has 0 aromatic carbocycles. The molecular formula is C14H19N5O. The molecule has 1 N–H and O–H groups in total. The van der Waals surface area contributed by atoms with Gasteiger partial charge >= 0.3 is 6.03 Å². The Morgan fingerprint density at radius 3 is 2.90 bits per heavy atom. The predicted octanol–water partition coefficient (Wildman–Crippen LogP) is 1.72. The van der Waals surface area contributed by atoms with Gasteiger partial charge in [0.25, 0.3) is 0 Å². The summed E-state index contributed by atoms with van der Waals surface area (Å²) in [6, 6.07) is 5.40. The Hall–Kier alpha value is -2.37. The van der Waals surface area contributed by atoms with Crippen molar-refractivity contribution in [1.82, 2.24) is 25.0 Å². The first-order valence-corrected chi connectivity index (χ1v) is 6.46. The lowest BCUT2D eigenvalue weighted by Crippen LogP contribution is -2.38. The van der Waals surface area contributed by atoms with Gasteiger partial charge in [-0.05, 0) is 19.1 Å². The van der Waals surface area contributed by atoms with Gasteiger partial charge < -0.3 is 10.2 Å². The van der Waals surface area contributed by atoms with Crippen molar-refractivity contribution < 1.29 is 4.79 Å². The van der Waals surface area contributed by atoms with Gasteiger partial charge in [-0.2, -0.15) is 5.10 Å². The summed E-state index contributed by atoms with van der Waals surface area (Å²) in [6.45, 7) is 2.44. The van der Waals surface area contributed by atoms with E-state index in [0.717, 1.165) is 11.3 Å². The van der Waals surface area contributed by atoms with Crippen LogP contribution in [0.4, 0.5) is 4.79 Å². The van der Waals surface area contributed by atoms with E-state index in [1.807, 2.05) is 38.4 Å². The topological polar surface area (TPSA) is 63.1 Å². The van der Waals surface area contributed by atoms with Crippen LogP contribution in [0.25, 0.3) is 0 Å². The molecule has 2 rings (SSSR count). The molecular weight excluding hydrogens is 254 g/mol. The van der Waals surface area contributed by atoms with Crippen LogP contribution in [0.15, 0.2) is 36.8 Å². The molecule has 2 amide bonds. The highest BCUT2D eigenvalue weighted by molar-refractivity contribution is 5.74. The van der Waals surface area contributed by atoms with Crippen molar-refractivity contribution in [3.63, 3.8) is 0 Å². The Morgan fingerprint density at radius 1 is 1.50 bits per heavy atom. The van der Waals surface area contributed by atoms with Crippen molar-refractivity contribution in [3.05, 3.63) is 48.0 Å². The molecule has 0 aliphatic heterocycles. The Bertz CT molecular complexity index is 566. The van der Waals surface area contributed by atoms with E-state index in [-0.39, 0.29) is 12.1 Å². The number of aromatic nitrogens is 3. The number of hydrogen-bond donors (Lipinski definition) is 1. The van der Waals surface area contributed by atoms with Gasteiger partial charge in [-0.25, -0.2) is 4.79 Å². The van der Waals surface area contributed by atoms with Gasteiger partial charge in [0.1, 0.15) is 0 Å². The minimum Gasteiger partial charge on any atom is -0.330 e. The average molecular weight is 273 g/mol. The number of amides is 2. The minimum absolute atomic E-state index is 0.125. The molecule has 0 bridgehead atoms. The molecule has 6 nitrogen and oxygen atoms in total. The van der Waals surface area contributed by atoms with Crippen LogP contribution in [-0.2, 0) is 13.6 Å². The summed E-state index contributed by atoms with van der Waals surface area (Å²) >= 11 is 0. The Kier molecular flexibility index (Phi) is 4.34. The number of rotatable bonds is 4. The molecule has 0 spiro atoms. The van der Waals surface area contributed by atoms with E-state index in [0.29, 0.717) is 6.54 Å². The zero-order valence-electron chi connectivity index (χ0n) is 11.9. The fraction of sp³-hybridized carbons (Fsp3) is 0.357. The largest absolute Gasteiger partial charge is 0.330 e. The lowest BCUT2D eigenvalue weighted by molar-refractivity contribution is 0.203. The summed E-state index contributed by atoms with van der Waals surface area (Å²) in [7, 11) is 3.61. The van der Waals surface area contributed by atoms with Crippen LogP contribution in [0.5, 0.6) is 0 Å². The minimum atomic E-state index is -0.132. The second-order valence-corrected chi connectivity index (χ2v) is 4.80. The molecule has 0 aliphatic rings. The van der Waals surface area contributed by atoms with Gasteiger partial charge in [0, 0.05) is 32.1 Å². The van der Waals surface area contributed by atoms with E-state index in [2.05, 4.69) is 15.4 Å². The smallest absolute Gasteiger partial charge is 0.317 e. The maximum Gasteiger partial charge on any atom is 0.317 e. The molecule has 1 unspecified atom stereocenters. The first kappa shape index (κ1) is 14.0. The van der Waals surface area contributed by atoms with Crippen LogP contribution in [-0.4, -0.2) is 32.7 Å². The van der Waals surface area contributed by atoms with Gasteiger partial charge in [-0.1, -0.05) is 6.07 Å². The van der Waals surface area contributed by atoms with Crippen molar-refractivity contribution in [2.75, 3.05) is 7.05 Å². The molecule has 2 aromatic rings. The summed E-state index contributed by atoms with van der Waals surface area (Å²) < 4.78 is 1.72. The summed E-state index contributed by atoms with van der Waals surface area (Å²) in [5.41, 5.74) is 1.84. The third kappa shape index (κ3) is 3.57. The monoisotopic (exact) mass is 273 g/mol. The van der Waals surface area contributed by atoms with Crippen LogP contribution in [0.2, 0.25) is 0 Å². The highest BCUT2D eigenvalue weighted by Crippen LogP contribution is 2.09. The molecule has 20 heavy (non-hydrogen) atoms. The molecule has 0 aliphatic carbocycles. The zero-order chi connectivity index (χ0) is 14.5. The molecule has 2 heterocycles. The number of hydrogen-bond acceptors (Lipinski definition) is 3. The van der Waals surface area contributed by atoms with Gasteiger partial charge in [0.2, 0.25) is 0 Å². The summed E-state index contributed by atoms with van der Waals surface area (Å²) in [5, 5.41) is 7.01. The maximum absolute atomic E-state index is 12.1. The molecule has 0 saturated heterocycles. The first-order chi connectivity index (χ1) is 9.56. The number of aryl methyl sites for hydroxylation is 1. The Labute approximate surface area is 118 Å². The van der Waals surface area contributed by atoms with E-state index in [9.17, 15) is 4.79 Å². The number of nitrogens with zero attached hydrogens (tertiary/aromatic N) is 4. The molecule has 6 heteroatoms. The summed E-state index contributed by atoms with van der Waals surface area (Å²) in [4.78, 5) is 18.0. The molecule has 1 atom stereocenters. The van der Waals surface area contributed by atoms with E-state index in [1.54, 1.807) is 29.0 Å². The third-order valence-corrected chi connectivity index (χ3v) is 3.00. The summed E-state index contributed by atoms with van der Waals surface area (Å²) in [5.74, 6) is 0. The lowest BCUT2D eigenvalue weighted by atomic mass is 10.2. The van der Waals surface area contributed by atoms with E-state index in [4.69, 9.17) is 0 Å². The fourth-order valence-electron chi connectivity index (χ4n) is 1.90. The highest BCUT2D eigenvalue weighted by Gasteiger charge is 2.14. The van der Waals surface area contributed by atoms with Crippen LogP contribution >= 0.6 is 0 Å². The van der Waals surface area contributed by atoms with Crippen molar-refractivity contribution in [1.29, 1.82) is 0 Å². The normalized spacial score (nSPS) is 11.9. The quantitative estimate of drug-likeness (QED) is 0.922. The van der Waals surface area contributed by atoms with Crippen LogP contribution < -0.4 is 5.32 Å². The standard InChI is InChI=1S/C14H19N5O/c1-11(13-6-4-5-7-15-13)17-14(20)18(2)9-12-8-16-19(3)10-12/h4-8,10-11H,9H2,1-3H3,(H,17,20). The zero-order valence-corrected chi connectivity index (χ0v) is 11.9. The number of pyridine rings is 1. The molecule has 0 fully saturated rings. The van der Waals surface area contributed by atoms with Gasteiger partial charge in [-0.3, -0.25) is 9.67 Å². The molecule has 0 radical (unpaired) electrons. The van der Waals surface area contributed by atoms with E-state index < -0.39 is 0 Å². The predicted molar refractivity (Wildman–Crippen MR) is 75.9 cm³/mol. The van der Waals surface area contributed by atoms with Gasteiger partial charge in [0.05, 0.1) is 24.5 Å². The number of carbonyl (C=O) groups excluding carboxylic acids is 1. The lowest BCUT2D eigenvalue weighted by Gasteiger charge is -2.20. The average Bonchev–Trinajstić information content (AvgIpc) is 2.85. The summed E-state index contributed by atoms with van der Waals surface area (Å²) in [6.07, 6.45) is 5.37. The SMILES string of the molecule is CC(NC(=O)N(C)Cc1cnn(C)c1)c1ccccn1. The van der Waals surface area contributed by atoms with Crippen molar-refractivity contribution >= 4 is 6.03 Å². The van der Waals surface area contributed by atoms with Crippen LogP contribution in [0.1, 0.15) is 24.2 Å². The Balaban J connectivity index is 1.91. The van der Waals surface area contributed by atoms with E-state index >= 15 is 0 Å². The first-order valence-electron chi connectivity index (χ1n) is 6.46. The van der Waals surface area contributed by atoms with Crippen LogP contribution in [0.3, 0.4) is 0 Å². The third-order valence-electron chi connectivity index (χ3n) is 3.00. The number of nitrogens with one attached hydrogen (secondary N) is 1. The van der Waals surface area contributed by atoms with Gasteiger partial charge in [-0.15, -0.1) is 0 Å².